The number of ketones is 4. The summed E-state index contributed by atoms with van der Waals surface area (Å²) >= 11 is 7.78. The zero-order valence-electron chi connectivity index (χ0n) is 80.8. The van der Waals surface area contributed by atoms with Gasteiger partial charge in [0.1, 0.15) is 23.1 Å². The molecule has 8 aliphatic heterocycles. The number of unbranched alkanes of at least 4 members (excludes halogenated alkanes) is 11. The van der Waals surface area contributed by atoms with E-state index in [1.165, 1.54) is 0 Å². The lowest BCUT2D eigenvalue weighted by Crippen LogP contribution is -2.47. The van der Waals surface area contributed by atoms with Crippen molar-refractivity contribution in [3.8, 4) is 0 Å². The summed E-state index contributed by atoms with van der Waals surface area (Å²) in [6.45, 7) is 32.9. The number of carbonyl (C=O) groups excluding carboxylic acids is 13. The van der Waals surface area contributed by atoms with E-state index in [4.69, 9.17) is 18.9 Å². The van der Waals surface area contributed by atoms with Gasteiger partial charge in [-0.25, -0.2) is 14.4 Å². The highest BCUT2D eigenvalue weighted by Gasteiger charge is 2.54. The first-order valence-corrected chi connectivity index (χ1v) is 53.4. The van der Waals surface area contributed by atoms with Gasteiger partial charge in [-0.2, -0.15) is 47.0 Å². The van der Waals surface area contributed by atoms with Gasteiger partial charge in [-0.1, -0.05) is 107 Å². The van der Waals surface area contributed by atoms with E-state index in [0.717, 1.165) is 196 Å². The Morgan fingerprint density at radius 2 is 0.608 bits per heavy atom. The monoisotopic (exact) mass is 1910 g/mol. The highest BCUT2D eigenvalue weighted by molar-refractivity contribution is 8.01. The van der Waals surface area contributed by atoms with E-state index < -0.39 is 0 Å². The van der Waals surface area contributed by atoms with Crippen LogP contribution >= 0.6 is 47.0 Å². The lowest BCUT2D eigenvalue weighted by molar-refractivity contribution is -0.125. The maximum absolute atomic E-state index is 12.2. The number of hydrogen-bond acceptors (Lipinski definition) is 23. The number of fused-ring (bicyclic) bond motifs is 4. The van der Waals surface area contributed by atoms with Crippen LogP contribution in [0.3, 0.4) is 0 Å². The number of nitrogens with one attached hydrogen (secondary N) is 14. The average molecular weight is 1910 g/mol. The van der Waals surface area contributed by atoms with Crippen LogP contribution < -0.4 is 74.4 Å². The SMILES string of the molecule is C=C1N[C@H]2[C@H](CS[C@H]2CCCCC(=O)NCCCCCNC(=O)C(C)C)N1.CC(C)C(=O)NCCCC(=O)CCCCCNC(=O)CCCCCCC(=O)CCCC[C@@H]1SC[C@]2(C)NC(=O)N[C@H]12.CC(C)C(=O)NCCOCCOCCCC(=O)CCCC[C@@H]1SC[C@]2(C)NC(=O)N[C@H]12.CC(C)C(=O)NCCOCCOCCCC(=O)CCCC[C@@H]1SC[C@]2(C)NC(=O)N[C@H]12. The zero-order chi connectivity index (χ0) is 95.1. The second-order valence-electron chi connectivity index (χ2n) is 38.0. The largest absolute Gasteiger partial charge is 0.379 e. The van der Waals surface area contributed by atoms with Crippen LogP contribution in [0.2, 0.25) is 0 Å². The number of Topliss-reactive ketones (excluding diaryl/α,β-unsaturated/α-hetero) is 4. The first kappa shape index (κ1) is 114. The maximum atomic E-state index is 12.2. The molecule has 0 bridgehead atoms. The highest BCUT2D eigenvalue weighted by atomic mass is 32.2. The van der Waals surface area contributed by atoms with E-state index in [0.29, 0.717) is 200 Å². The van der Waals surface area contributed by atoms with Gasteiger partial charge in [0, 0.05) is 184 Å². The van der Waals surface area contributed by atoms with Crippen molar-refractivity contribution < 1.29 is 81.3 Å². The molecule has 8 aliphatic rings. The molecule has 8 rings (SSSR count). The van der Waals surface area contributed by atoms with Crippen LogP contribution in [0.4, 0.5) is 14.4 Å². The predicted molar refractivity (Wildman–Crippen MR) is 522 cm³/mol. The molecule has 8 fully saturated rings. The van der Waals surface area contributed by atoms with Crippen molar-refractivity contribution in [2.24, 2.45) is 23.7 Å². The van der Waals surface area contributed by atoms with Crippen LogP contribution in [-0.2, 0) is 66.9 Å². The molecule has 35 heteroatoms. The lowest BCUT2D eigenvalue weighted by atomic mass is 9.92. The van der Waals surface area contributed by atoms with E-state index in [9.17, 15) is 62.3 Å². The molecule has 0 spiro atoms. The fourth-order valence-corrected chi connectivity index (χ4v) is 23.4. The van der Waals surface area contributed by atoms with Crippen LogP contribution in [-0.4, -0.2) is 260 Å². The fourth-order valence-electron chi connectivity index (χ4n) is 16.7. The van der Waals surface area contributed by atoms with Crippen molar-refractivity contribution in [2.45, 2.75) is 369 Å². The molecule has 14 N–H and O–H groups in total. The van der Waals surface area contributed by atoms with Crippen molar-refractivity contribution >= 4 is 124 Å². The summed E-state index contributed by atoms with van der Waals surface area (Å²) in [5, 5.41) is 44.3. The Morgan fingerprint density at radius 1 is 0.323 bits per heavy atom. The predicted octanol–water partition coefficient (Wildman–Crippen LogP) is 11.4. The van der Waals surface area contributed by atoms with E-state index >= 15 is 0 Å². The van der Waals surface area contributed by atoms with E-state index in [2.05, 4.69) is 102 Å². The third-order valence-corrected chi connectivity index (χ3v) is 31.3. The quantitative estimate of drug-likeness (QED) is 0.0199. The second kappa shape index (κ2) is 64.8. The van der Waals surface area contributed by atoms with Crippen LogP contribution in [0.5, 0.6) is 0 Å². The Labute approximate surface area is 794 Å². The molecule has 0 aromatic carbocycles. The Balaban J connectivity index is 0.000000310. The summed E-state index contributed by atoms with van der Waals surface area (Å²) in [6.07, 6.45) is 29.3. The fraction of sp³-hybridized carbons (Fsp3) is 0.842. The molecule has 8 heterocycles. The zero-order valence-corrected chi connectivity index (χ0v) is 84.0. The van der Waals surface area contributed by atoms with Crippen LogP contribution in [0.15, 0.2) is 12.4 Å². The molecule has 130 heavy (non-hydrogen) atoms. The highest BCUT2D eigenvalue weighted by Crippen LogP contribution is 2.43. The Bertz CT molecular complexity index is 3340. The molecule has 0 unspecified atom stereocenters. The third-order valence-electron chi connectivity index (χ3n) is 24.7. The lowest BCUT2D eigenvalue weighted by Gasteiger charge is -2.23. The van der Waals surface area contributed by atoms with Crippen LogP contribution in [0, 0.1) is 23.7 Å². The molecule has 0 radical (unpaired) electrons. The molecule has 31 nitrogen and oxygen atoms in total. The van der Waals surface area contributed by atoms with E-state index in [1.54, 1.807) is 0 Å². The number of ether oxygens (including phenoxy) is 4. The Kier molecular flexibility index (Phi) is 57.0. The van der Waals surface area contributed by atoms with Crippen LogP contribution in [0.1, 0.15) is 301 Å². The van der Waals surface area contributed by atoms with Crippen molar-refractivity contribution in [1.82, 2.24) is 74.4 Å². The van der Waals surface area contributed by atoms with Gasteiger partial charge >= 0.3 is 18.1 Å². The van der Waals surface area contributed by atoms with Crippen LogP contribution in [0.25, 0.3) is 0 Å². The summed E-state index contributed by atoms with van der Waals surface area (Å²) in [4.78, 5) is 153. The number of carbonyl (C=O) groups is 13. The second-order valence-corrected chi connectivity index (χ2v) is 42.9. The summed E-state index contributed by atoms with van der Waals surface area (Å²) in [7, 11) is 0. The van der Waals surface area contributed by atoms with Gasteiger partial charge in [0.05, 0.1) is 92.3 Å². The standard InChI is InChI=1S/C31H54N4O5S.2C22H39N3O5S.C20H36N4O2S/c1-23(2)29(39)33-21-13-17-25(37)15-8-6-12-20-32-27(38)19-9-5-4-7-14-24(36)16-10-11-18-26-28-31(3,22-41-26)35-30(40)34-28;2*1-16(2)20(27)23-10-12-30-14-13-29-11-6-8-17(26)7-4-5-9-18-19-22(3,15-31-18)25-21(28)24-19;1-14(2)20(26)22-12-8-4-7-11-21-18(25)10-6-5-9-17-19-16(13-27-17)23-15(3)24-19/h23,26,28H,4-22H2,1-3H3,(H,32,38)(H,33,39)(H2,34,35,40);2*16,18-19H,4-15H2,1-3H3,(H,23,27)(H2,24,25,28);14,16-17,19,23-24H,3-13H2,1-2H3,(H,21,25)(H,22,26)/t26-,28+,31-;2*18-,19+,22-;16-,17-,19-/m0000/s1. The maximum Gasteiger partial charge on any atom is 0.315 e. The van der Waals surface area contributed by atoms with Crippen molar-refractivity contribution in [3.05, 3.63) is 12.4 Å². The summed E-state index contributed by atoms with van der Waals surface area (Å²) in [6, 6.07) is 1.42. The number of amides is 12. The van der Waals surface area contributed by atoms with Gasteiger partial charge in [-0.05, 0) is 136 Å². The normalized spacial score (nSPS) is 23.4. The molecule has 12 atom stereocenters. The Hall–Kier alpha value is -6.11. The molecule has 0 saturated carbocycles. The van der Waals surface area contributed by atoms with E-state index in [-0.39, 0.29) is 118 Å². The first-order chi connectivity index (χ1) is 62.2. The van der Waals surface area contributed by atoms with E-state index in [1.807, 2.05) is 102 Å². The summed E-state index contributed by atoms with van der Waals surface area (Å²) in [5.74, 6) is 6.51. The third kappa shape index (κ3) is 46.9. The van der Waals surface area contributed by atoms with Gasteiger partial charge in [0.2, 0.25) is 35.4 Å². The van der Waals surface area contributed by atoms with Gasteiger partial charge in [0.25, 0.3) is 0 Å². The average Bonchev–Trinajstić information content (AvgIpc) is 1.63. The summed E-state index contributed by atoms with van der Waals surface area (Å²) in [5.41, 5.74) is -0.393. The topological polar surface area (TPSA) is 427 Å². The Morgan fingerprint density at radius 3 is 0.977 bits per heavy atom. The molecule has 0 aliphatic carbocycles. The summed E-state index contributed by atoms with van der Waals surface area (Å²) < 4.78 is 21.8. The minimum absolute atomic E-state index is 0.0117. The number of thioether (sulfide) groups is 4. The molecule has 744 valence electrons. The van der Waals surface area contributed by atoms with Crippen molar-refractivity contribution in [1.29, 1.82) is 0 Å². The molecule has 12 amide bonds. The first-order valence-electron chi connectivity index (χ1n) is 49.2. The smallest absolute Gasteiger partial charge is 0.315 e. The van der Waals surface area contributed by atoms with Crippen molar-refractivity contribution in [2.75, 3.05) is 115 Å². The minimum atomic E-state index is -0.137. The van der Waals surface area contributed by atoms with Gasteiger partial charge < -0.3 is 93.4 Å². The van der Waals surface area contributed by atoms with Gasteiger partial charge in [-0.3, -0.25) is 47.9 Å². The molecule has 8 saturated heterocycles. The molecule has 0 aromatic rings. The van der Waals surface area contributed by atoms with Gasteiger partial charge in [0.15, 0.2) is 0 Å². The van der Waals surface area contributed by atoms with Gasteiger partial charge in [-0.15, -0.1) is 0 Å². The minimum Gasteiger partial charge on any atom is -0.379 e. The molecule has 0 aromatic heterocycles. The molecular weight excluding hydrogens is 1740 g/mol. The number of urea groups is 3. The number of hydrogen-bond donors (Lipinski definition) is 14. The van der Waals surface area contributed by atoms with Crippen molar-refractivity contribution in [3.63, 3.8) is 0 Å². The number of rotatable bonds is 67. The molecular formula is C95H168N14O17S4.